The molecule has 0 bridgehead atoms. The molecule has 0 fully saturated rings. The Balaban J connectivity index is 2.46. The molecule has 0 saturated heterocycles. The fourth-order valence-corrected chi connectivity index (χ4v) is 2.34. The second-order valence-electron chi connectivity index (χ2n) is 4.86. The van der Waals surface area contributed by atoms with Crippen molar-refractivity contribution in [2.45, 2.75) is 38.8 Å². The Hall–Kier alpha value is -1.00. The molecule has 3 nitrogen and oxygen atoms in total. The van der Waals surface area contributed by atoms with Gasteiger partial charge < -0.3 is 10.4 Å². The third-order valence-electron chi connectivity index (χ3n) is 3.26. The van der Waals surface area contributed by atoms with Crippen molar-refractivity contribution < 1.29 is 9.90 Å². The predicted molar refractivity (Wildman–Crippen MR) is 81.8 cm³/mol. The molecular weight excluding hydrogens is 258 g/mol. The van der Waals surface area contributed by atoms with E-state index in [9.17, 15) is 4.79 Å². The van der Waals surface area contributed by atoms with Crippen LogP contribution in [0.2, 0.25) is 0 Å². The average Bonchev–Trinajstić information content (AvgIpc) is 2.42. The van der Waals surface area contributed by atoms with Crippen molar-refractivity contribution >= 4 is 17.7 Å². The molecule has 4 heteroatoms. The van der Waals surface area contributed by atoms with Crippen LogP contribution in [0.5, 0.6) is 0 Å². The second kappa shape index (κ2) is 8.23. The molecule has 19 heavy (non-hydrogen) atoms. The van der Waals surface area contributed by atoms with Crippen molar-refractivity contribution in [1.82, 2.24) is 5.32 Å². The molecule has 0 spiro atoms. The summed E-state index contributed by atoms with van der Waals surface area (Å²) in [6.07, 6.45) is 3.28. The van der Waals surface area contributed by atoms with E-state index in [2.05, 4.69) is 18.5 Å². The van der Waals surface area contributed by atoms with Gasteiger partial charge in [-0.1, -0.05) is 24.3 Å². The molecule has 0 aliphatic heterocycles. The monoisotopic (exact) mass is 281 g/mol. The summed E-state index contributed by atoms with van der Waals surface area (Å²) < 4.78 is 0. The lowest BCUT2D eigenvalue weighted by Gasteiger charge is -2.13. The maximum atomic E-state index is 10.9. The second-order valence-corrected chi connectivity index (χ2v) is 5.85. The fraction of sp³-hybridized carbons (Fsp3) is 0.533. The largest absolute Gasteiger partial charge is 0.481 e. The summed E-state index contributed by atoms with van der Waals surface area (Å²) >= 11 is 1.86. The molecule has 2 unspecified atom stereocenters. The third kappa shape index (κ3) is 5.66. The molecule has 1 rings (SSSR count). The number of aliphatic carboxylic acids is 1. The Morgan fingerprint density at radius 1 is 1.32 bits per heavy atom. The Labute approximate surface area is 119 Å². The first-order valence-electron chi connectivity index (χ1n) is 6.58. The predicted octanol–water partition coefficient (Wildman–Crippen LogP) is 3.11. The van der Waals surface area contributed by atoms with Crippen molar-refractivity contribution in [2.24, 2.45) is 0 Å². The standard InChI is InChI=1S/C15H23NO2S/c1-11(8-9-19-3)16-10-13-4-6-14(7-5-13)12(2)15(17)18/h4-7,11-12,16H,8-10H2,1-3H3,(H,17,18). The normalized spacial score (nSPS) is 14.1. The zero-order chi connectivity index (χ0) is 14.3. The van der Waals surface area contributed by atoms with E-state index in [1.54, 1.807) is 6.92 Å². The Kier molecular flexibility index (Phi) is 6.95. The van der Waals surface area contributed by atoms with Crippen molar-refractivity contribution in [3.8, 4) is 0 Å². The maximum Gasteiger partial charge on any atom is 0.310 e. The zero-order valence-electron chi connectivity index (χ0n) is 11.8. The highest BCUT2D eigenvalue weighted by Gasteiger charge is 2.12. The number of thioether (sulfide) groups is 1. The molecule has 1 aromatic carbocycles. The summed E-state index contributed by atoms with van der Waals surface area (Å²) in [5.74, 6) is -0.0532. The van der Waals surface area contributed by atoms with Gasteiger partial charge in [-0.3, -0.25) is 4.79 Å². The highest BCUT2D eigenvalue weighted by Crippen LogP contribution is 2.16. The smallest absolute Gasteiger partial charge is 0.310 e. The number of carboxylic acids is 1. The Morgan fingerprint density at radius 3 is 2.47 bits per heavy atom. The molecule has 0 aliphatic carbocycles. The summed E-state index contributed by atoms with van der Waals surface area (Å²) in [6, 6.07) is 8.32. The van der Waals surface area contributed by atoms with Gasteiger partial charge in [0.2, 0.25) is 0 Å². The molecule has 0 aromatic heterocycles. The first-order chi connectivity index (χ1) is 9.04. The quantitative estimate of drug-likeness (QED) is 0.768. The molecule has 0 saturated carbocycles. The van der Waals surface area contributed by atoms with Gasteiger partial charge in [-0.05, 0) is 43.4 Å². The van der Waals surface area contributed by atoms with Crippen LogP contribution in [0.1, 0.15) is 37.3 Å². The summed E-state index contributed by atoms with van der Waals surface area (Å²) in [5.41, 5.74) is 2.05. The van der Waals surface area contributed by atoms with Crippen molar-refractivity contribution in [1.29, 1.82) is 0 Å². The van der Waals surface area contributed by atoms with Crippen LogP contribution < -0.4 is 5.32 Å². The van der Waals surface area contributed by atoms with E-state index in [-0.39, 0.29) is 0 Å². The van der Waals surface area contributed by atoms with Crippen LogP contribution in [-0.2, 0) is 11.3 Å². The van der Waals surface area contributed by atoms with Gasteiger partial charge in [-0.25, -0.2) is 0 Å². The minimum Gasteiger partial charge on any atom is -0.481 e. The SMILES string of the molecule is CSCCC(C)NCc1ccc(C(C)C(=O)O)cc1. The van der Waals surface area contributed by atoms with Crippen molar-refractivity contribution in [2.75, 3.05) is 12.0 Å². The first kappa shape index (κ1) is 16.1. The average molecular weight is 281 g/mol. The number of hydrogen-bond donors (Lipinski definition) is 2. The molecule has 1 aromatic rings. The number of carboxylic acid groups (broad SMARTS) is 1. The van der Waals surface area contributed by atoms with E-state index < -0.39 is 11.9 Å². The maximum absolute atomic E-state index is 10.9. The number of benzene rings is 1. The van der Waals surface area contributed by atoms with Crippen LogP contribution in [0, 0.1) is 0 Å². The molecular formula is C15H23NO2S. The van der Waals surface area contributed by atoms with Gasteiger partial charge in [-0.2, -0.15) is 11.8 Å². The van der Waals surface area contributed by atoms with E-state index in [0.29, 0.717) is 6.04 Å². The molecule has 0 radical (unpaired) electrons. The molecule has 0 heterocycles. The highest BCUT2D eigenvalue weighted by atomic mass is 32.2. The zero-order valence-corrected chi connectivity index (χ0v) is 12.7. The topological polar surface area (TPSA) is 49.3 Å². The summed E-state index contributed by atoms with van der Waals surface area (Å²) in [7, 11) is 0. The molecule has 106 valence electrons. The van der Waals surface area contributed by atoms with Gasteiger partial charge in [-0.15, -0.1) is 0 Å². The third-order valence-corrected chi connectivity index (χ3v) is 3.90. The van der Waals surface area contributed by atoms with Gasteiger partial charge >= 0.3 is 5.97 Å². The lowest BCUT2D eigenvalue weighted by Crippen LogP contribution is -2.25. The van der Waals surface area contributed by atoms with Crippen LogP contribution in [0.3, 0.4) is 0 Å². The van der Waals surface area contributed by atoms with Crippen LogP contribution in [0.25, 0.3) is 0 Å². The van der Waals surface area contributed by atoms with Crippen LogP contribution in [0.4, 0.5) is 0 Å². The molecule has 2 atom stereocenters. The number of nitrogens with one attached hydrogen (secondary N) is 1. The summed E-state index contributed by atoms with van der Waals surface area (Å²) in [4.78, 5) is 10.9. The fourth-order valence-electron chi connectivity index (χ4n) is 1.76. The summed E-state index contributed by atoms with van der Waals surface area (Å²) in [5, 5.41) is 12.4. The van der Waals surface area contributed by atoms with E-state index in [1.807, 2.05) is 36.0 Å². The van der Waals surface area contributed by atoms with Gasteiger partial charge in [0.1, 0.15) is 0 Å². The van der Waals surface area contributed by atoms with E-state index in [0.717, 1.165) is 18.5 Å². The van der Waals surface area contributed by atoms with E-state index >= 15 is 0 Å². The van der Waals surface area contributed by atoms with Crippen LogP contribution in [-0.4, -0.2) is 29.1 Å². The van der Waals surface area contributed by atoms with Crippen LogP contribution >= 0.6 is 11.8 Å². The van der Waals surface area contributed by atoms with Gasteiger partial charge in [0.05, 0.1) is 5.92 Å². The number of carbonyl (C=O) groups is 1. The van der Waals surface area contributed by atoms with Crippen molar-refractivity contribution in [3.63, 3.8) is 0 Å². The minimum absolute atomic E-state index is 0.442. The number of hydrogen-bond acceptors (Lipinski definition) is 3. The minimum atomic E-state index is -0.781. The lowest BCUT2D eigenvalue weighted by molar-refractivity contribution is -0.138. The van der Waals surface area contributed by atoms with Gasteiger partial charge in [0, 0.05) is 12.6 Å². The Morgan fingerprint density at radius 2 is 1.95 bits per heavy atom. The van der Waals surface area contributed by atoms with Gasteiger partial charge in [0.15, 0.2) is 0 Å². The Bertz CT molecular complexity index is 392. The van der Waals surface area contributed by atoms with Gasteiger partial charge in [0.25, 0.3) is 0 Å². The van der Waals surface area contributed by atoms with E-state index in [1.165, 1.54) is 11.3 Å². The first-order valence-corrected chi connectivity index (χ1v) is 7.98. The molecule has 2 N–H and O–H groups in total. The molecule has 0 amide bonds. The highest BCUT2D eigenvalue weighted by molar-refractivity contribution is 7.98. The van der Waals surface area contributed by atoms with Crippen LogP contribution in [0.15, 0.2) is 24.3 Å². The van der Waals surface area contributed by atoms with Crippen molar-refractivity contribution in [3.05, 3.63) is 35.4 Å². The molecule has 0 aliphatic rings. The van der Waals surface area contributed by atoms with E-state index in [4.69, 9.17) is 5.11 Å². The summed E-state index contributed by atoms with van der Waals surface area (Å²) in [6.45, 7) is 4.73. The number of rotatable bonds is 8. The lowest BCUT2D eigenvalue weighted by atomic mass is 10.00.